The van der Waals surface area contributed by atoms with Gasteiger partial charge in [0.05, 0.1) is 5.39 Å². The van der Waals surface area contributed by atoms with E-state index >= 15 is 0 Å². The van der Waals surface area contributed by atoms with Gasteiger partial charge in [-0.15, -0.1) is 0 Å². The van der Waals surface area contributed by atoms with Gasteiger partial charge in [0.25, 0.3) is 0 Å². The van der Waals surface area contributed by atoms with Crippen molar-refractivity contribution in [2.24, 2.45) is 0 Å². The van der Waals surface area contributed by atoms with Crippen LogP contribution in [0.1, 0.15) is 12.8 Å². The minimum absolute atomic E-state index is 0.106. The molecule has 1 aliphatic heterocycles. The predicted octanol–water partition coefficient (Wildman–Crippen LogP) is 3.92. The van der Waals surface area contributed by atoms with E-state index in [0.29, 0.717) is 42.3 Å². The number of H-pyrrole nitrogens is 1. The van der Waals surface area contributed by atoms with Gasteiger partial charge in [-0.05, 0) is 53.0 Å². The van der Waals surface area contributed by atoms with E-state index in [9.17, 15) is 9.90 Å². The number of hydrogen-bond acceptors (Lipinski definition) is 5. The van der Waals surface area contributed by atoms with Crippen molar-refractivity contribution in [3.8, 4) is 0 Å². The van der Waals surface area contributed by atoms with Crippen LogP contribution in [0.25, 0.3) is 11.0 Å². The van der Waals surface area contributed by atoms with Crippen LogP contribution < -0.4 is 9.80 Å². The highest BCUT2D eigenvalue weighted by atomic mass is 79.9. The Morgan fingerprint density at radius 3 is 2.63 bits per heavy atom. The number of amides is 1. The number of aromatic amines is 1. The van der Waals surface area contributed by atoms with Crippen LogP contribution in [0, 0.1) is 0 Å². The maximum atomic E-state index is 11.9. The molecule has 2 aromatic heterocycles. The first-order chi connectivity index (χ1) is 13.0. The lowest BCUT2D eigenvalue weighted by Gasteiger charge is -2.37. The van der Waals surface area contributed by atoms with Gasteiger partial charge in [0.2, 0.25) is 0 Å². The molecular formula is C17H16BrClN6O2. The minimum Gasteiger partial charge on any atom is -0.465 e. The molecule has 0 radical (unpaired) electrons. The topological polar surface area (TPSA) is 98.2 Å². The molecule has 1 saturated heterocycles. The van der Waals surface area contributed by atoms with Gasteiger partial charge in [0.15, 0.2) is 5.65 Å². The second kappa shape index (κ2) is 7.32. The quantitative estimate of drug-likeness (QED) is 0.626. The molecule has 0 saturated carbocycles. The first-order valence-electron chi connectivity index (χ1n) is 8.42. The SMILES string of the molecule is O=C(O)N(c1ccc(Cl)cc1)C1CCN(c2ncnc3n[nH]c(Br)c23)CC1. The Morgan fingerprint density at radius 1 is 1.26 bits per heavy atom. The van der Waals surface area contributed by atoms with E-state index in [4.69, 9.17) is 11.6 Å². The number of anilines is 2. The van der Waals surface area contributed by atoms with Crippen molar-refractivity contribution in [3.05, 3.63) is 40.2 Å². The highest BCUT2D eigenvalue weighted by molar-refractivity contribution is 9.10. The van der Waals surface area contributed by atoms with Crippen LogP contribution in [-0.2, 0) is 0 Å². The third kappa shape index (κ3) is 3.44. The summed E-state index contributed by atoms with van der Waals surface area (Å²) < 4.78 is 0.739. The number of nitrogens with one attached hydrogen (secondary N) is 1. The van der Waals surface area contributed by atoms with E-state index in [1.165, 1.54) is 11.2 Å². The van der Waals surface area contributed by atoms with Crippen molar-refractivity contribution >= 4 is 56.2 Å². The van der Waals surface area contributed by atoms with Gasteiger partial charge in [-0.1, -0.05) is 11.6 Å². The summed E-state index contributed by atoms with van der Waals surface area (Å²) in [7, 11) is 0. The predicted molar refractivity (Wildman–Crippen MR) is 107 cm³/mol. The largest absolute Gasteiger partial charge is 0.465 e. The maximum Gasteiger partial charge on any atom is 0.412 e. The van der Waals surface area contributed by atoms with E-state index in [0.717, 1.165) is 15.8 Å². The molecule has 140 valence electrons. The Morgan fingerprint density at radius 2 is 1.96 bits per heavy atom. The van der Waals surface area contributed by atoms with Crippen LogP contribution in [-0.4, -0.2) is 50.5 Å². The molecule has 10 heteroatoms. The van der Waals surface area contributed by atoms with Gasteiger partial charge in [0.1, 0.15) is 16.7 Å². The summed E-state index contributed by atoms with van der Waals surface area (Å²) in [5.74, 6) is 0.799. The summed E-state index contributed by atoms with van der Waals surface area (Å²) in [6, 6.07) is 6.77. The number of hydrogen-bond donors (Lipinski definition) is 2. The number of halogens is 2. The zero-order valence-electron chi connectivity index (χ0n) is 14.1. The summed E-state index contributed by atoms with van der Waals surface area (Å²) in [6.07, 6.45) is 1.91. The molecule has 1 fully saturated rings. The highest BCUT2D eigenvalue weighted by Gasteiger charge is 2.30. The van der Waals surface area contributed by atoms with Gasteiger partial charge in [-0.3, -0.25) is 10.00 Å². The molecule has 1 aliphatic rings. The average molecular weight is 452 g/mol. The normalized spacial score (nSPS) is 15.3. The van der Waals surface area contributed by atoms with Crippen LogP contribution >= 0.6 is 27.5 Å². The molecule has 4 rings (SSSR count). The molecule has 8 nitrogen and oxygen atoms in total. The fraction of sp³-hybridized carbons (Fsp3) is 0.294. The van der Waals surface area contributed by atoms with Crippen molar-refractivity contribution in [3.63, 3.8) is 0 Å². The highest BCUT2D eigenvalue weighted by Crippen LogP contribution is 2.32. The molecular weight excluding hydrogens is 436 g/mol. The zero-order valence-corrected chi connectivity index (χ0v) is 16.5. The minimum atomic E-state index is -0.960. The van der Waals surface area contributed by atoms with Crippen molar-refractivity contribution in [1.82, 2.24) is 20.2 Å². The van der Waals surface area contributed by atoms with Crippen molar-refractivity contribution in [1.29, 1.82) is 0 Å². The number of piperidine rings is 1. The Labute approximate surface area is 168 Å². The molecule has 0 aliphatic carbocycles. The first kappa shape index (κ1) is 18.0. The second-order valence-corrected chi connectivity index (χ2v) is 7.51. The standard InChI is InChI=1S/C17H16BrClN6O2/c18-14-13-15(23-22-14)20-9-21-16(13)24-7-5-12(6-8-24)25(17(26)27)11-3-1-10(19)2-4-11/h1-4,9,12H,5-8H2,(H,26,27)(H,20,21,22,23). The first-order valence-corrected chi connectivity index (χ1v) is 9.59. The van der Waals surface area contributed by atoms with Gasteiger partial charge >= 0.3 is 6.09 Å². The van der Waals surface area contributed by atoms with Crippen LogP contribution in [0.15, 0.2) is 35.2 Å². The van der Waals surface area contributed by atoms with Crippen LogP contribution in [0.3, 0.4) is 0 Å². The number of carbonyl (C=O) groups is 1. The van der Waals surface area contributed by atoms with E-state index < -0.39 is 6.09 Å². The monoisotopic (exact) mass is 450 g/mol. The number of nitrogens with zero attached hydrogens (tertiary/aromatic N) is 5. The average Bonchev–Trinajstić information content (AvgIpc) is 3.05. The third-order valence-corrected chi connectivity index (χ3v) is 5.55. The smallest absolute Gasteiger partial charge is 0.412 e. The third-order valence-electron chi connectivity index (χ3n) is 4.73. The van der Waals surface area contributed by atoms with Crippen molar-refractivity contribution < 1.29 is 9.90 Å². The Kier molecular flexibility index (Phi) is 4.88. The summed E-state index contributed by atoms with van der Waals surface area (Å²) in [5, 5.41) is 18.1. The molecule has 0 spiro atoms. The Balaban J connectivity index is 1.54. The number of rotatable bonds is 3. The summed E-state index contributed by atoms with van der Waals surface area (Å²) >= 11 is 9.38. The second-order valence-electron chi connectivity index (χ2n) is 6.28. The number of aromatic nitrogens is 4. The summed E-state index contributed by atoms with van der Waals surface area (Å²) in [5.41, 5.74) is 1.23. The van der Waals surface area contributed by atoms with Crippen molar-refractivity contribution in [2.75, 3.05) is 22.9 Å². The van der Waals surface area contributed by atoms with E-state index in [1.807, 2.05) is 0 Å². The molecule has 2 N–H and O–H groups in total. The lowest BCUT2D eigenvalue weighted by molar-refractivity contribution is 0.197. The molecule has 0 unspecified atom stereocenters. The fourth-order valence-corrected chi connectivity index (χ4v) is 4.03. The molecule has 1 aromatic carbocycles. The van der Waals surface area contributed by atoms with Crippen LogP contribution in [0.2, 0.25) is 5.02 Å². The molecule has 27 heavy (non-hydrogen) atoms. The van der Waals surface area contributed by atoms with Gasteiger partial charge < -0.3 is 10.0 Å². The Bertz CT molecular complexity index is 971. The van der Waals surface area contributed by atoms with E-state index in [1.54, 1.807) is 24.3 Å². The summed E-state index contributed by atoms with van der Waals surface area (Å²) in [4.78, 5) is 24.0. The number of fused-ring (bicyclic) bond motifs is 1. The van der Waals surface area contributed by atoms with Crippen LogP contribution in [0.5, 0.6) is 0 Å². The fourth-order valence-electron chi connectivity index (χ4n) is 3.46. The molecule has 3 aromatic rings. The van der Waals surface area contributed by atoms with E-state index in [2.05, 4.69) is 41.0 Å². The molecule has 0 atom stereocenters. The maximum absolute atomic E-state index is 11.9. The lowest BCUT2D eigenvalue weighted by atomic mass is 10.0. The lowest BCUT2D eigenvalue weighted by Crippen LogP contribution is -2.47. The van der Waals surface area contributed by atoms with Crippen LogP contribution in [0.4, 0.5) is 16.3 Å². The van der Waals surface area contributed by atoms with Gasteiger partial charge in [-0.25, -0.2) is 14.8 Å². The Hall–Kier alpha value is -2.39. The van der Waals surface area contributed by atoms with E-state index in [-0.39, 0.29) is 6.04 Å². The molecule has 0 bridgehead atoms. The van der Waals surface area contributed by atoms with Gasteiger partial charge in [-0.2, -0.15) is 5.10 Å². The molecule has 3 heterocycles. The number of carboxylic acid groups (broad SMARTS) is 1. The van der Waals surface area contributed by atoms with Crippen molar-refractivity contribution in [2.45, 2.75) is 18.9 Å². The number of benzene rings is 1. The molecule has 1 amide bonds. The zero-order chi connectivity index (χ0) is 19.0. The van der Waals surface area contributed by atoms with Gasteiger partial charge in [0, 0.05) is 29.8 Å². The summed E-state index contributed by atoms with van der Waals surface area (Å²) in [6.45, 7) is 1.37.